The maximum atomic E-state index is 5.85. The van der Waals surface area contributed by atoms with Crippen LogP contribution in [0.3, 0.4) is 0 Å². The summed E-state index contributed by atoms with van der Waals surface area (Å²) in [5, 5.41) is 0. The molecule has 0 atom stereocenters. The third-order valence-corrected chi connectivity index (χ3v) is 5.86. The molecule has 0 aliphatic heterocycles. The summed E-state index contributed by atoms with van der Waals surface area (Å²) in [6.45, 7) is 2.29. The standard InChI is InChI=1S/C26H48N2/c1-2-3-4-5-6-7-8-9-10-11-12-13-14-15-16-17-18-19-20-24-21-25(27)23-26(28)22-24/h21-23H,2-20,27-28H2,1H3. The zero-order valence-corrected chi connectivity index (χ0v) is 18.8. The van der Waals surface area contributed by atoms with Gasteiger partial charge in [0.25, 0.3) is 0 Å². The number of anilines is 2. The largest absolute Gasteiger partial charge is 0.399 e. The van der Waals surface area contributed by atoms with Crippen LogP contribution in [0.4, 0.5) is 11.4 Å². The van der Waals surface area contributed by atoms with Crippen molar-refractivity contribution in [2.75, 3.05) is 11.5 Å². The molecule has 1 rings (SSSR count). The van der Waals surface area contributed by atoms with E-state index in [2.05, 4.69) is 19.1 Å². The number of rotatable bonds is 19. The lowest BCUT2D eigenvalue weighted by Crippen LogP contribution is -1.94. The Kier molecular flexibility index (Phi) is 15.9. The van der Waals surface area contributed by atoms with Crippen molar-refractivity contribution in [3.05, 3.63) is 23.8 Å². The predicted molar refractivity (Wildman–Crippen MR) is 128 cm³/mol. The maximum absolute atomic E-state index is 5.85. The Morgan fingerprint density at radius 2 is 0.786 bits per heavy atom. The normalized spacial score (nSPS) is 11.2. The molecule has 0 saturated heterocycles. The number of nitrogen functional groups attached to an aromatic ring is 2. The van der Waals surface area contributed by atoms with E-state index < -0.39 is 0 Å². The number of hydrogen-bond acceptors (Lipinski definition) is 2. The highest BCUT2D eigenvalue weighted by Crippen LogP contribution is 2.17. The van der Waals surface area contributed by atoms with Gasteiger partial charge in [0.05, 0.1) is 0 Å². The molecule has 162 valence electrons. The fraction of sp³-hybridized carbons (Fsp3) is 0.769. The van der Waals surface area contributed by atoms with E-state index in [-0.39, 0.29) is 0 Å². The molecule has 2 nitrogen and oxygen atoms in total. The second kappa shape index (κ2) is 17.9. The van der Waals surface area contributed by atoms with Crippen LogP contribution in [0, 0.1) is 0 Å². The average Bonchev–Trinajstić information content (AvgIpc) is 2.66. The molecule has 0 aliphatic carbocycles. The highest BCUT2D eigenvalue weighted by Gasteiger charge is 1.98. The van der Waals surface area contributed by atoms with E-state index in [1.807, 2.05) is 6.07 Å². The molecule has 0 unspecified atom stereocenters. The molecular weight excluding hydrogens is 340 g/mol. The van der Waals surface area contributed by atoms with Crippen LogP contribution in [-0.2, 0) is 6.42 Å². The van der Waals surface area contributed by atoms with Crippen LogP contribution in [0.25, 0.3) is 0 Å². The lowest BCUT2D eigenvalue weighted by Gasteiger charge is -2.05. The van der Waals surface area contributed by atoms with Gasteiger partial charge in [-0.1, -0.05) is 116 Å². The summed E-state index contributed by atoms with van der Waals surface area (Å²) in [5.74, 6) is 0. The monoisotopic (exact) mass is 388 g/mol. The summed E-state index contributed by atoms with van der Waals surface area (Å²) < 4.78 is 0. The number of aryl methyl sites for hydroxylation is 1. The van der Waals surface area contributed by atoms with E-state index in [1.54, 1.807) is 0 Å². The molecule has 0 aromatic heterocycles. The van der Waals surface area contributed by atoms with E-state index in [1.165, 1.54) is 121 Å². The molecule has 0 heterocycles. The fourth-order valence-corrected chi connectivity index (χ4v) is 4.12. The van der Waals surface area contributed by atoms with Gasteiger partial charge in [0.1, 0.15) is 0 Å². The summed E-state index contributed by atoms with van der Waals surface area (Å²) >= 11 is 0. The highest BCUT2D eigenvalue weighted by molar-refractivity contribution is 5.54. The van der Waals surface area contributed by atoms with Crippen molar-refractivity contribution in [1.29, 1.82) is 0 Å². The Morgan fingerprint density at radius 1 is 0.464 bits per heavy atom. The molecule has 0 radical (unpaired) electrons. The lowest BCUT2D eigenvalue weighted by atomic mass is 10.0. The smallest absolute Gasteiger partial charge is 0.0337 e. The van der Waals surface area contributed by atoms with Crippen LogP contribution < -0.4 is 11.5 Å². The van der Waals surface area contributed by atoms with E-state index in [4.69, 9.17) is 11.5 Å². The summed E-state index contributed by atoms with van der Waals surface area (Å²) in [6, 6.07) is 5.95. The van der Waals surface area contributed by atoms with Gasteiger partial charge in [-0.2, -0.15) is 0 Å². The molecule has 0 saturated carbocycles. The van der Waals surface area contributed by atoms with Crippen molar-refractivity contribution in [2.24, 2.45) is 0 Å². The van der Waals surface area contributed by atoms with E-state index >= 15 is 0 Å². The van der Waals surface area contributed by atoms with Crippen molar-refractivity contribution in [3.8, 4) is 0 Å². The summed E-state index contributed by atoms with van der Waals surface area (Å²) in [5.41, 5.74) is 14.6. The minimum absolute atomic E-state index is 0.789. The first-order chi connectivity index (χ1) is 13.7. The van der Waals surface area contributed by atoms with Crippen molar-refractivity contribution >= 4 is 11.4 Å². The molecule has 1 aromatic carbocycles. The minimum atomic E-state index is 0.789. The first-order valence-corrected chi connectivity index (χ1v) is 12.4. The van der Waals surface area contributed by atoms with E-state index in [0.29, 0.717) is 0 Å². The summed E-state index contributed by atoms with van der Waals surface area (Å²) in [6.07, 6.45) is 26.7. The molecule has 28 heavy (non-hydrogen) atoms. The molecular formula is C26H48N2. The first-order valence-electron chi connectivity index (χ1n) is 12.4. The van der Waals surface area contributed by atoms with E-state index in [9.17, 15) is 0 Å². The van der Waals surface area contributed by atoms with E-state index in [0.717, 1.165) is 17.8 Å². The van der Waals surface area contributed by atoms with Crippen LogP contribution in [0.5, 0.6) is 0 Å². The average molecular weight is 389 g/mol. The van der Waals surface area contributed by atoms with Gasteiger partial charge >= 0.3 is 0 Å². The third kappa shape index (κ3) is 14.8. The molecule has 1 aromatic rings. The maximum Gasteiger partial charge on any atom is 0.0337 e. The number of hydrogen-bond donors (Lipinski definition) is 2. The predicted octanol–water partition coefficient (Wildman–Crippen LogP) is 8.44. The van der Waals surface area contributed by atoms with Crippen molar-refractivity contribution in [2.45, 2.75) is 129 Å². The van der Waals surface area contributed by atoms with Gasteiger partial charge in [0, 0.05) is 11.4 Å². The Bertz CT molecular complexity index is 449. The topological polar surface area (TPSA) is 52.0 Å². The zero-order valence-electron chi connectivity index (χ0n) is 18.8. The van der Waals surface area contributed by atoms with Gasteiger partial charge in [-0.3, -0.25) is 0 Å². The second-order valence-electron chi connectivity index (χ2n) is 8.77. The van der Waals surface area contributed by atoms with Crippen LogP contribution in [0.1, 0.15) is 128 Å². The Hall–Kier alpha value is -1.18. The van der Waals surface area contributed by atoms with Gasteiger partial charge in [0.15, 0.2) is 0 Å². The molecule has 0 fully saturated rings. The lowest BCUT2D eigenvalue weighted by molar-refractivity contribution is 0.525. The second-order valence-corrected chi connectivity index (χ2v) is 8.77. The SMILES string of the molecule is CCCCCCCCCCCCCCCCCCCCc1cc(N)cc(N)c1. The van der Waals surface area contributed by atoms with Crippen LogP contribution in [-0.4, -0.2) is 0 Å². The molecule has 0 bridgehead atoms. The number of nitrogens with two attached hydrogens (primary N) is 2. The molecule has 0 amide bonds. The zero-order chi connectivity index (χ0) is 20.3. The van der Waals surface area contributed by atoms with Crippen LogP contribution >= 0.6 is 0 Å². The highest BCUT2D eigenvalue weighted by atomic mass is 14.6. The number of unbranched alkanes of at least 4 members (excludes halogenated alkanes) is 17. The third-order valence-electron chi connectivity index (χ3n) is 5.86. The Balaban J connectivity index is 1.76. The van der Waals surface area contributed by atoms with Gasteiger partial charge in [-0.05, 0) is 36.6 Å². The molecule has 0 spiro atoms. The fourth-order valence-electron chi connectivity index (χ4n) is 4.12. The van der Waals surface area contributed by atoms with Crippen LogP contribution in [0.15, 0.2) is 18.2 Å². The molecule has 2 heteroatoms. The summed E-state index contributed by atoms with van der Waals surface area (Å²) in [7, 11) is 0. The van der Waals surface area contributed by atoms with Gasteiger partial charge < -0.3 is 11.5 Å². The molecule has 0 aliphatic rings. The number of benzene rings is 1. The first kappa shape index (κ1) is 24.9. The quantitative estimate of drug-likeness (QED) is 0.184. The Labute approximate surface area is 175 Å². The minimum Gasteiger partial charge on any atom is -0.399 e. The van der Waals surface area contributed by atoms with Gasteiger partial charge in [-0.25, -0.2) is 0 Å². The van der Waals surface area contributed by atoms with Crippen molar-refractivity contribution in [1.82, 2.24) is 0 Å². The molecule has 4 N–H and O–H groups in total. The van der Waals surface area contributed by atoms with Gasteiger partial charge in [-0.15, -0.1) is 0 Å². The van der Waals surface area contributed by atoms with Crippen molar-refractivity contribution < 1.29 is 0 Å². The van der Waals surface area contributed by atoms with Crippen molar-refractivity contribution in [3.63, 3.8) is 0 Å². The Morgan fingerprint density at radius 3 is 1.14 bits per heavy atom. The van der Waals surface area contributed by atoms with Gasteiger partial charge in [0.2, 0.25) is 0 Å². The van der Waals surface area contributed by atoms with Crippen LogP contribution in [0.2, 0.25) is 0 Å². The summed E-state index contributed by atoms with van der Waals surface area (Å²) in [4.78, 5) is 0.